The van der Waals surface area contributed by atoms with Crippen molar-refractivity contribution in [2.75, 3.05) is 13.7 Å². The number of amides is 1. The summed E-state index contributed by atoms with van der Waals surface area (Å²) in [5.41, 5.74) is -0.141. The van der Waals surface area contributed by atoms with E-state index in [0.29, 0.717) is 0 Å². The maximum atomic E-state index is 12.3. The lowest BCUT2D eigenvalue weighted by atomic mass is 9.99. The van der Waals surface area contributed by atoms with E-state index in [-0.39, 0.29) is 18.4 Å². The summed E-state index contributed by atoms with van der Waals surface area (Å²) in [4.78, 5) is 13.1. The molecule has 2 atom stereocenters. The average Bonchev–Trinajstić information content (AvgIpc) is 3.07. The van der Waals surface area contributed by atoms with Gasteiger partial charge in [-0.05, 0) is 43.0 Å². The van der Waals surface area contributed by atoms with Crippen LogP contribution in [0.25, 0.3) is 0 Å². The highest BCUT2D eigenvalue weighted by molar-refractivity contribution is 7.10. The number of carbonyl (C=O) groups is 1. The van der Waals surface area contributed by atoms with Gasteiger partial charge in [0.25, 0.3) is 0 Å². The van der Waals surface area contributed by atoms with Crippen molar-refractivity contribution in [2.24, 2.45) is 0 Å². The van der Waals surface area contributed by atoms with Gasteiger partial charge >= 0.3 is 0 Å². The van der Waals surface area contributed by atoms with Crippen molar-refractivity contribution in [1.82, 2.24) is 5.32 Å². The summed E-state index contributed by atoms with van der Waals surface area (Å²) in [5.74, 6) is 0.365. The van der Waals surface area contributed by atoms with Crippen LogP contribution in [0, 0.1) is 0 Å². The molecule has 0 fully saturated rings. The predicted molar refractivity (Wildman–Crippen MR) is 88.3 cm³/mol. The lowest BCUT2D eigenvalue weighted by Crippen LogP contribution is -2.39. The minimum atomic E-state index is -1.05. The summed E-state index contributed by atoms with van der Waals surface area (Å²) in [6.45, 7) is 3.74. The first-order valence-corrected chi connectivity index (χ1v) is 8.00. The Morgan fingerprint density at radius 1 is 1.36 bits per heavy atom. The zero-order chi connectivity index (χ0) is 16.2. The molecular formula is C17H21NO3S. The van der Waals surface area contributed by atoms with Crippen LogP contribution < -0.4 is 10.1 Å². The smallest absolute Gasteiger partial charge is 0.227 e. The molecule has 4 nitrogen and oxygen atoms in total. The number of carbonyl (C=O) groups excluding carboxylic acids is 1. The maximum absolute atomic E-state index is 12.3. The van der Waals surface area contributed by atoms with Crippen molar-refractivity contribution in [3.8, 4) is 5.75 Å². The summed E-state index contributed by atoms with van der Waals surface area (Å²) in [6, 6.07) is 11.2. The van der Waals surface area contributed by atoms with Crippen molar-refractivity contribution >= 4 is 17.2 Å². The summed E-state index contributed by atoms with van der Waals surface area (Å²) < 4.78 is 5.11. The number of methoxy groups -OCH3 is 1. The van der Waals surface area contributed by atoms with Gasteiger partial charge in [0.15, 0.2) is 0 Å². The molecule has 1 heterocycles. The molecule has 0 aliphatic heterocycles. The van der Waals surface area contributed by atoms with Crippen LogP contribution in [0.4, 0.5) is 0 Å². The van der Waals surface area contributed by atoms with Gasteiger partial charge in [-0.15, -0.1) is 11.3 Å². The topological polar surface area (TPSA) is 58.6 Å². The van der Waals surface area contributed by atoms with Crippen LogP contribution in [-0.4, -0.2) is 24.7 Å². The third kappa shape index (κ3) is 3.87. The SMILES string of the molecule is COc1ccc(C(C)C(=O)NCC(C)(O)c2cccs2)cc1. The summed E-state index contributed by atoms with van der Waals surface area (Å²) in [5, 5.41) is 15.2. The number of thiophene rings is 1. The second-order valence-corrected chi connectivity index (χ2v) is 6.41. The first-order chi connectivity index (χ1) is 10.4. The number of nitrogens with one attached hydrogen (secondary N) is 1. The van der Waals surface area contributed by atoms with E-state index in [1.807, 2.05) is 48.7 Å². The molecule has 118 valence electrons. The lowest BCUT2D eigenvalue weighted by molar-refractivity contribution is -0.123. The Hall–Kier alpha value is -1.85. The summed E-state index contributed by atoms with van der Waals surface area (Å²) in [7, 11) is 1.61. The molecule has 0 bridgehead atoms. The molecule has 0 saturated heterocycles. The molecule has 22 heavy (non-hydrogen) atoms. The van der Waals surface area contributed by atoms with Gasteiger partial charge in [-0.2, -0.15) is 0 Å². The van der Waals surface area contributed by atoms with E-state index < -0.39 is 5.60 Å². The number of hydrogen-bond donors (Lipinski definition) is 2. The van der Waals surface area contributed by atoms with Gasteiger partial charge in [-0.25, -0.2) is 0 Å². The van der Waals surface area contributed by atoms with Crippen molar-refractivity contribution in [2.45, 2.75) is 25.4 Å². The third-order valence-electron chi connectivity index (χ3n) is 3.67. The van der Waals surface area contributed by atoms with E-state index in [0.717, 1.165) is 16.2 Å². The fraction of sp³-hybridized carbons (Fsp3) is 0.353. The van der Waals surface area contributed by atoms with Gasteiger partial charge in [0.1, 0.15) is 11.4 Å². The monoisotopic (exact) mass is 319 g/mol. The molecule has 0 saturated carbocycles. The van der Waals surface area contributed by atoms with Gasteiger partial charge in [0.05, 0.1) is 19.6 Å². The van der Waals surface area contributed by atoms with Crippen LogP contribution >= 0.6 is 11.3 Å². The van der Waals surface area contributed by atoms with E-state index in [9.17, 15) is 9.90 Å². The summed E-state index contributed by atoms with van der Waals surface area (Å²) >= 11 is 1.48. The third-order valence-corrected chi connectivity index (χ3v) is 4.79. The highest BCUT2D eigenvalue weighted by atomic mass is 32.1. The molecule has 2 N–H and O–H groups in total. The summed E-state index contributed by atoms with van der Waals surface area (Å²) in [6.07, 6.45) is 0. The molecular weight excluding hydrogens is 298 g/mol. The fourth-order valence-electron chi connectivity index (χ4n) is 2.13. The Balaban J connectivity index is 1.96. The molecule has 0 aliphatic rings. The van der Waals surface area contributed by atoms with E-state index >= 15 is 0 Å². The molecule has 0 spiro atoms. The Labute approximate surface area is 134 Å². The standard InChI is InChI=1S/C17H21NO3S/c1-12(13-6-8-14(21-3)9-7-13)16(19)18-11-17(2,20)15-5-4-10-22-15/h4-10,12,20H,11H2,1-3H3,(H,18,19). The number of rotatable bonds is 6. The molecule has 2 rings (SSSR count). The van der Waals surface area contributed by atoms with Gasteiger partial charge in [-0.1, -0.05) is 18.2 Å². The predicted octanol–water partition coefficient (Wildman–Crippen LogP) is 2.88. The Morgan fingerprint density at radius 2 is 2.05 bits per heavy atom. The van der Waals surface area contributed by atoms with Crippen LogP contribution in [0.15, 0.2) is 41.8 Å². The quantitative estimate of drug-likeness (QED) is 0.861. The molecule has 1 aromatic heterocycles. The van der Waals surface area contributed by atoms with Gasteiger partial charge in [-0.3, -0.25) is 4.79 Å². The highest BCUT2D eigenvalue weighted by Crippen LogP contribution is 2.25. The first kappa shape index (κ1) is 16.5. The molecule has 1 aromatic carbocycles. The van der Waals surface area contributed by atoms with Crippen molar-refractivity contribution in [3.63, 3.8) is 0 Å². The van der Waals surface area contributed by atoms with E-state index in [1.54, 1.807) is 14.0 Å². The number of hydrogen-bond acceptors (Lipinski definition) is 4. The normalized spacial score (nSPS) is 14.9. The van der Waals surface area contributed by atoms with Crippen LogP contribution in [0.2, 0.25) is 0 Å². The minimum Gasteiger partial charge on any atom is -0.497 e. The molecule has 0 radical (unpaired) electrons. The van der Waals surface area contributed by atoms with E-state index in [4.69, 9.17) is 4.74 Å². The molecule has 5 heteroatoms. The molecule has 2 unspecified atom stereocenters. The second-order valence-electron chi connectivity index (χ2n) is 5.46. The number of benzene rings is 1. The number of ether oxygens (including phenoxy) is 1. The Bertz CT molecular complexity index is 605. The van der Waals surface area contributed by atoms with Gasteiger partial charge in [0.2, 0.25) is 5.91 Å². The van der Waals surface area contributed by atoms with Crippen LogP contribution in [0.5, 0.6) is 5.75 Å². The molecule has 0 aliphatic carbocycles. The minimum absolute atomic E-state index is 0.109. The second kappa shape index (κ2) is 6.94. The lowest BCUT2D eigenvalue weighted by Gasteiger charge is -2.23. The molecule has 2 aromatic rings. The number of aliphatic hydroxyl groups is 1. The van der Waals surface area contributed by atoms with Crippen molar-refractivity contribution in [3.05, 3.63) is 52.2 Å². The van der Waals surface area contributed by atoms with Crippen molar-refractivity contribution < 1.29 is 14.6 Å². The Kier molecular flexibility index (Phi) is 5.21. The van der Waals surface area contributed by atoms with Crippen LogP contribution in [0.3, 0.4) is 0 Å². The maximum Gasteiger partial charge on any atom is 0.227 e. The van der Waals surface area contributed by atoms with Crippen LogP contribution in [-0.2, 0) is 10.4 Å². The van der Waals surface area contributed by atoms with Crippen molar-refractivity contribution in [1.29, 1.82) is 0 Å². The van der Waals surface area contributed by atoms with E-state index in [1.165, 1.54) is 11.3 Å². The zero-order valence-corrected chi connectivity index (χ0v) is 13.8. The van der Waals surface area contributed by atoms with Crippen LogP contribution in [0.1, 0.15) is 30.2 Å². The zero-order valence-electron chi connectivity index (χ0n) is 13.0. The largest absolute Gasteiger partial charge is 0.497 e. The molecule has 1 amide bonds. The van der Waals surface area contributed by atoms with Gasteiger partial charge in [0, 0.05) is 4.88 Å². The Morgan fingerprint density at radius 3 is 2.59 bits per heavy atom. The first-order valence-electron chi connectivity index (χ1n) is 7.12. The average molecular weight is 319 g/mol. The highest BCUT2D eigenvalue weighted by Gasteiger charge is 2.26. The van der Waals surface area contributed by atoms with E-state index in [2.05, 4.69) is 5.32 Å². The van der Waals surface area contributed by atoms with Gasteiger partial charge < -0.3 is 15.2 Å². The fourth-order valence-corrected chi connectivity index (χ4v) is 2.92.